The van der Waals surface area contributed by atoms with E-state index in [4.69, 9.17) is 61.6 Å². The van der Waals surface area contributed by atoms with Crippen molar-refractivity contribution in [2.45, 2.75) is 223 Å². The molecule has 7 rings (SSSR count). The fourth-order valence-corrected chi connectivity index (χ4v) is 10.5. The molecule has 37 heteroatoms. The summed E-state index contributed by atoms with van der Waals surface area (Å²) in [6, 6.07) is -3.66. The molecule has 0 radical (unpaired) electrons. The van der Waals surface area contributed by atoms with Crippen LogP contribution in [0.15, 0.2) is 0 Å². The fraction of sp³-hybridized carbons (Fsp3) is 0.956. The highest BCUT2D eigenvalue weighted by atomic mass is 16.8. The van der Waals surface area contributed by atoms with Gasteiger partial charge in [0.25, 0.3) is 0 Å². The van der Waals surface area contributed by atoms with Crippen LogP contribution >= 0.6 is 0 Å². The Bertz CT molecular complexity index is 2010. The molecule has 82 heavy (non-hydrogen) atoms. The maximum atomic E-state index is 13.0. The molecular weight excluding hydrogens is 1130 g/mol. The second-order valence-corrected chi connectivity index (χ2v) is 20.6. The molecule has 7 aliphatic rings. The lowest BCUT2D eigenvalue weighted by Gasteiger charge is -2.51. The van der Waals surface area contributed by atoms with Crippen LogP contribution in [-0.4, -0.2) is 369 Å². The Hall–Kier alpha value is -2.38. The van der Waals surface area contributed by atoms with E-state index in [1.807, 2.05) is 0 Å². The van der Waals surface area contributed by atoms with Gasteiger partial charge in [-0.25, -0.2) is 0 Å². The van der Waals surface area contributed by atoms with Crippen LogP contribution in [0.4, 0.5) is 0 Å². The maximum Gasteiger partial charge on any atom is 0.217 e. The summed E-state index contributed by atoms with van der Waals surface area (Å²) >= 11 is 0. The lowest BCUT2D eigenvalue weighted by Crippen LogP contribution is -2.71. The van der Waals surface area contributed by atoms with Crippen molar-refractivity contribution < 1.29 is 173 Å². The van der Waals surface area contributed by atoms with Crippen molar-refractivity contribution in [1.29, 1.82) is 0 Å². The lowest BCUT2D eigenvalue weighted by atomic mass is 9.93. The first kappa shape index (κ1) is 67.1. The number of nitrogens with one attached hydrogen (secondary N) is 2. The van der Waals surface area contributed by atoms with Crippen LogP contribution in [-0.2, 0) is 71.2 Å². The van der Waals surface area contributed by atoms with Crippen molar-refractivity contribution in [2.75, 3.05) is 46.2 Å². The van der Waals surface area contributed by atoms with Gasteiger partial charge in [0.1, 0.15) is 165 Å². The van der Waals surface area contributed by atoms with Crippen LogP contribution in [0.3, 0.4) is 0 Å². The molecule has 7 fully saturated rings. The van der Waals surface area contributed by atoms with E-state index in [1.54, 1.807) is 0 Å². The van der Waals surface area contributed by atoms with Gasteiger partial charge in [-0.2, -0.15) is 0 Å². The molecule has 34 atom stereocenters. The largest absolute Gasteiger partial charge is 0.394 e. The number of rotatable bonds is 21. The minimum Gasteiger partial charge on any atom is -0.394 e. The third-order valence-corrected chi connectivity index (χ3v) is 15.0. The van der Waals surface area contributed by atoms with E-state index in [0.29, 0.717) is 0 Å². The van der Waals surface area contributed by atoms with E-state index >= 15 is 0 Å². The Labute approximate surface area is 464 Å². The van der Waals surface area contributed by atoms with Crippen molar-refractivity contribution in [3.63, 3.8) is 0 Å². The number of amides is 2. The van der Waals surface area contributed by atoms with Gasteiger partial charge >= 0.3 is 0 Å². The van der Waals surface area contributed by atoms with Crippen molar-refractivity contribution in [2.24, 2.45) is 0 Å². The van der Waals surface area contributed by atoms with Gasteiger partial charge < -0.3 is 174 Å². The highest BCUT2D eigenvalue weighted by Crippen LogP contribution is 2.39. The van der Waals surface area contributed by atoms with E-state index in [9.17, 15) is 112 Å². The average Bonchev–Trinajstić information content (AvgIpc) is 3.90. The number of carbonyl (C=O) groups excluding carboxylic acids is 2. The van der Waals surface area contributed by atoms with Crippen LogP contribution in [0.1, 0.15) is 13.8 Å². The SMILES string of the molecule is CC(=O)N[C@H]1[C@H](O[C@H]2[C@H](O[C@H]3O[C@H](CO)[C@H](O)[C@H](O)[C@H]3O)[C@@H](NC(C)=O)C(O)O[C@@H]2CO)O[C@H](CO)[C@@H](O[C@@H]2O[C@H](CO[C@H]3O[C@H](CO)[C@@H](O)[C@H](O)[C@@H]3O)[C@@H](O)[C@H](O[C@H]3O[C@H](CO)[C@@H](O)[C@H](O)[C@@H]3O)[C@@H]2O[C@@H]2O[C@H](CO)[C@H](O)[C@H]2O)[C@@H]1O. The van der Waals surface area contributed by atoms with Gasteiger partial charge in [0.15, 0.2) is 44.0 Å². The Morgan fingerprint density at radius 3 is 1.12 bits per heavy atom. The lowest BCUT2D eigenvalue weighted by molar-refractivity contribution is -0.399. The predicted molar refractivity (Wildman–Crippen MR) is 249 cm³/mol. The molecule has 7 saturated heterocycles. The van der Waals surface area contributed by atoms with E-state index in [-0.39, 0.29) is 0 Å². The molecule has 476 valence electrons. The van der Waals surface area contributed by atoms with Gasteiger partial charge in [-0.1, -0.05) is 0 Å². The summed E-state index contributed by atoms with van der Waals surface area (Å²) in [4.78, 5) is 25.5. The first-order chi connectivity index (χ1) is 38.8. The molecule has 7 aliphatic heterocycles. The van der Waals surface area contributed by atoms with Crippen molar-refractivity contribution in [3.8, 4) is 0 Å². The molecule has 0 aliphatic carbocycles. The zero-order valence-corrected chi connectivity index (χ0v) is 43.6. The van der Waals surface area contributed by atoms with Crippen LogP contribution in [0.5, 0.6) is 0 Å². The standard InChI is InChI=1S/C45H76N2O35/c1-10(54)46-19-26(61)34(16(7-52)76-40(19)79-35-17(8-53)71-39(69)20(47-11(2)55)36(35)80-43-32(67)28(63)22(57)13(4-49)73-43)78-45-38(82-42-30(65)24(59)15(6-51)75-42)37(81-44-33(68)29(64)23(58)14(5-50)74-44)25(60)18(77-45)9-70-41-31(66)27(62)21(56)12(3-48)72-41/h12-45,48-53,56-69H,3-9H2,1-2H3,(H,46,54)(H,47,55)/t12-,13-,14-,15-,16-,17-,18-,19-,20-,21-,22+,23-,24+,25-,26-,27+,28+,29+,30-,31+,32-,33+,34-,35-,36-,37+,38+,39?,40+,41+,42+,43-,44-,45+/m1/s1. The summed E-state index contributed by atoms with van der Waals surface area (Å²) in [7, 11) is 0. The zero-order valence-electron chi connectivity index (χ0n) is 43.6. The third-order valence-electron chi connectivity index (χ3n) is 15.0. The number of aliphatic hydroxyl groups excluding tert-OH is 20. The van der Waals surface area contributed by atoms with Crippen molar-refractivity contribution >= 4 is 11.8 Å². The molecule has 0 aromatic heterocycles. The molecule has 0 aromatic rings. The highest BCUT2D eigenvalue weighted by Gasteiger charge is 2.60. The topological polar surface area (TPSA) is 583 Å². The molecular formula is C45H76N2O35. The summed E-state index contributed by atoms with van der Waals surface area (Å²) in [6.07, 6.45) is -63.1. The minimum absolute atomic E-state index is 0.835. The van der Waals surface area contributed by atoms with Crippen LogP contribution < -0.4 is 10.6 Å². The molecule has 0 aromatic carbocycles. The van der Waals surface area contributed by atoms with Crippen molar-refractivity contribution in [3.05, 3.63) is 0 Å². The molecule has 0 saturated carbocycles. The normalized spacial score (nSPS) is 50.2. The Kier molecular flexibility index (Phi) is 23.8. The second-order valence-electron chi connectivity index (χ2n) is 20.6. The second kappa shape index (κ2) is 29.1. The summed E-state index contributed by atoms with van der Waals surface area (Å²) < 4.78 is 76.3. The van der Waals surface area contributed by atoms with Gasteiger partial charge in [0.2, 0.25) is 11.8 Å². The molecule has 0 spiro atoms. The van der Waals surface area contributed by atoms with Gasteiger partial charge in [-0.05, 0) is 0 Å². The number of aliphatic hydroxyl groups is 20. The third kappa shape index (κ3) is 14.3. The molecule has 7 heterocycles. The molecule has 22 N–H and O–H groups in total. The zero-order chi connectivity index (χ0) is 60.3. The number of ether oxygens (including phenoxy) is 13. The fourth-order valence-electron chi connectivity index (χ4n) is 10.5. The smallest absolute Gasteiger partial charge is 0.217 e. The molecule has 1 unspecified atom stereocenters. The highest BCUT2D eigenvalue weighted by molar-refractivity contribution is 5.73. The van der Waals surface area contributed by atoms with E-state index < -0.39 is 267 Å². The van der Waals surface area contributed by atoms with Crippen LogP contribution in [0.25, 0.3) is 0 Å². The number of carbonyl (C=O) groups is 2. The number of hydrogen-bond donors (Lipinski definition) is 22. The first-order valence-corrected chi connectivity index (χ1v) is 26.0. The van der Waals surface area contributed by atoms with Crippen LogP contribution in [0, 0.1) is 0 Å². The van der Waals surface area contributed by atoms with Gasteiger partial charge in [0.05, 0.1) is 46.2 Å². The monoisotopic (exact) mass is 1200 g/mol. The maximum absolute atomic E-state index is 13.0. The quantitative estimate of drug-likeness (QED) is 0.0507. The Morgan fingerprint density at radius 1 is 0.317 bits per heavy atom. The van der Waals surface area contributed by atoms with E-state index in [1.165, 1.54) is 0 Å². The summed E-state index contributed by atoms with van der Waals surface area (Å²) in [5.41, 5.74) is 0. The van der Waals surface area contributed by atoms with Gasteiger partial charge in [0, 0.05) is 13.8 Å². The molecule has 0 bridgehead atoms. The number of hydrogen-bond acceptors (Lipinski definition) is 35. The summed E-state index contributed by atoms with van der Waals surface area (Å²) in [6.45, 7) is -4.98. The first-order valence-electron chi connectivity index (χ1n) is 26.0. The van der Waals surface area contributed by atoms with E-state index in [2.05, 4.69) is 10.6 Å². The van der Waals surface area contributed by atoms with E-state index in [0.717, 1.165) is 13.8 Å². The van der Waals surface area contributed by atoms with Gasteiger partial charge in [-0.15, -0.1) is 0 Å². The molecule has 37 nitrogen and oxygen atoms in total. The summed E-state index contributed by atoms with van der Waals surface area (Å²) in [5.74, 6) is -1.76. The van der Waals surface area contributed by atoms with Gasteiger partial charge in [-0.3, -0.25) is 9.59 Å². The Morgan fingerprint density at radius 2 is 0.659 bits per heavy atom. The van der Waals surface area contributed by atoms with Crippen LogP contribution in [0.2, 0.25) is 0 Å². The Balaban J connectivity index is 1.26. The predicted octanol–water partition coefficient (Wildman–Crippen LogP) is -15.3. The molecule has 2 amide bonds. The van der Waals surface area contributed by atoms with Crippen molar-refractivity contribution in [1.82, 2.24) is 10.6 Å². The average molecular weight is 1210 g/mol. The minimum atomic E-state index is -2.28. The summed E-state index contributed by atoms with van der Waals surface area (Å²) in [5, 5.41) is 219.